The maximum absolute atomic E-state index is 13.2. The van der Waals surface area contributed by atoms with Crippen LogP contribution in [-0.4, -0.2) is 9.55 Å². The van der Waals surface area contributed by atoms with Crippen LogP contribution in [0.15, 0.2) is 30.3 Å². The number of nitrogens with zero attached hydrogens (tertiary/aromatic N) is 1. The zero-order chi connectivity index (χ0) is 14.4. The van der Waals surface area contributed by atoms with Gasteiger partial charge in [-0.2, -0.15) is 0 Å². The lowest BCUT2D eigenvalue weighted by Gasteiger charge is -2.07. The Morgan fingerprint density at radius 1 is 1.00 bits per heavy atom. The van der Waals surface area contributed by atoms with Gasteiger partial charge < -0.3 is 4.98 Å². The molecule has 20 heavy (non-hydrogen) atoms. The Labute approximate surface area is 133 Å². The quantitative estimate of drug-likeness (QED) is 0.553. The predicted molar refractivity (Wildman–Crippen MR) is 83.4 cm³/mol. The lowest BCUT2D eigenvalue weighted by molar-refractivity contribution is 0.627. The van der Waals surface area contributed by atoms with Gasteiger partial charge in [-0.1, -0.05) is 34.8 Å². The molecule has 0 fully saturated rings. The Morgan fingerprint density at radius 2 is 1.70 bits per heavy atom. The molecule has 7 heteroatoms. The van der Waals surface area contributed by atoms with Gasteiger partial charge in [0.25, 0.3) is 0 Å². The molecule has 0 atom stereocenters. The minimum Gasteiger partial charge on any atom is -0.330 e. The Kier molecular flexibility index (Phi) is 3.50. The van der Waals surface area contributed by atoms with Crippen LogP contribution in [0.4, 0.5) is 4.39 Å². The van der Waals surface area contributed by atoms with Crippen molar-refractivity contribution in [3.8, 4) is 5.69 Å². The van der Waals surface area contributed by atoms with Gasteiger partial charge in [0.15, 0.2) is 4.77 Å². The van der Waals surface area contributed by atoms with Crippen LogP contribution in [0.1, 0.15) is 0 Å². The molecule has 0 aliphatic heterocycles. The summed E-state index contributed by atoms with van der Waals surface area (Å²) < 4.78 is 15.3. The Balaban J connectivity index is 2.39. The van der Waals surface area contributed by atoms with E-state index in [0.29, 0.717) is 20.5 Å². The van der Waals surface area contributed by atoms with Gasteiger partial charge in [0, 0.05) is 0 Å². The Bertz CT molecular complexity index is 885. The van der Waals surface area contributed by atoms with Gasteiger partial charge in [-0.25, -0.2) is 4.39 Å². The lowest BCUT2D eigenvalue weighted by atomic mass is 10.2. The van der Waals surface area contributed by atoms with Crippen LogP contribution in [0, 0.1) is 10.6 Å². The van der Waals surface area contributed by atoms with Gasteiger partial charge in [-0.05, 0) is 42.5 Å². The summed E-state index contributed by atoms with van der Waals surface area (Å²) in [6, 6.07) is 7.48. The van der Waals surface area contributed by atoms with E-state index in [0.717, 1.165) is 11.0 Å². The highest BCUT2D eigenvalue weighted by Crippen LogP contribution is 2.31. The van der Waals surface area contributed by atoms with Crippen molar-refractivity contribution in [3.63, 3.8) is 0 Å². The van der Waals surface area contributed by atoms with Crippen LogP contribution >= 0.6 is 47.0 Å². The normalized spacial score (nSPS) is 11.2. The second-order valence-electron chi connectivity index (χ2n) is 4.14. The summed E-state index contributed by atoms with van der Waals surface area (Å²) in [4.78, 5) is 3.02. The van der Waals surface area contributed by atoms with Crippen molar-refractivity contribution >= 4 is 58.1 Å². The van der Waals surface area contributed by atoms with Crippen LogP contribution < -0.4 is 0 Å². The largest absolute Gasteiger partial charge is 0.330 e. The molecule has 0 aliphatic carbocycles. The van der Waals surface area contributed by atoms with Crippen molar-refractivity contribution in [3.05, 3.63) is 56.0 Å². The average Bonchev–Trinajstić information content (AvgIpc) is 2.66. The fourth-order valence-electron chi connectivity index (χ4n) is 2.00. The zero-order valence-corrected chi connectivity index (χ0v) is 12.8. The third-order valence-corrected chi connectivity index (χ3v) is 4.18. The summed E-state index contributed by atoms with van der Waals surface area (Å²) >= 11 is 23.4. The van der Waals surface area contributed by atoms with E-state index in [1.54, 1.807) is 22.8 Å². The summed E-state index contributed by atoms with van der Waals surface area (Å²) in [6.07, 6.45) is 0. The molecule has 1 heterocycles. The molecular weight excluding hydrogens is 342 g/mol. The highest BCUT2D eigenvalue weighted by atomic mass is 35.5. The monoisotopic (exact) mass is 346 g/mol. The number of hydrogen-bond donors (Lipinski definition) is 1. The van der Waals surface area contributed by atoms with Gasteiger partial charge in [0.1, 0.15) is 5.82 Å². The van der Waals surface area contributed by atoms with E-state index in [9.17, 15) is 4.39 Å². The third-order valence-electron chi connectivity index (χ3n) is 2.87. The SMILES string of the molecule is Fc1ccc(-n2c(=S)[nH]c3cc(Cl)c(Cl)cc32)c(Cl)c1. The van der Waals surface area contributed by atoms with Crippen molar-refractivity contribution < 1.29 is 4.39 Å². The van der Waals surface area contributed by atoms with E-state index in [1.165, 1.54) is 12.1 Å². The van der Waals surface area contributed by atoms with Gasteiger partial charge in [-0.15, -0.1) is 0 Å². The number of benzene rings is 2. The third kappa shape index (κ3) is 2.23. The van der Waals surface area contributed by atoms with Crippen molar-refractivity contribution in [2.45, 2.75) is 0 Å². The lowest BCUT2D eigenvalue weighted by Crippen LogP contribution is -1.95. The first-order valence-electron chi connectivity index (χ1n) is 5.52. The number of halogens is 4. The summed E-state index contributed by atoms with van der Waals surface area (Å²) in [6.45, 7) is 0. The zero-order valence-electron chi connectivity index (χ0n) is 9.75. The first-order chi connectivity index (χ1) is 9.47. The molecule has 0 amide bonds. The Hall–Kier alpha value is -1.07. The van der Waals surface area contributed by atoms with Gasteiger partial charge in [-0.3, -0.25) is 4.57 Å². The number of rotatable bonds is 1. The van der Waals surface area contributed by atoms with Crippen molar-refractivity contribution in [1.29, 1.82) is 0 Å². The van der Waals surface area contributed by atoms with E-state index >= 15 is 0 Å². The molecule has 0 radical (unpaired) electrons. The van der Waals surface area contributed by atoms with E-state index in [-0.39, 0.29) is 5.02 Å². The van der Waals surface area contributed by atoms with E-state index in [4.69, 9.17) is 47.0 Å². The summed E-state index contributed by atoms with van der Waals surface area (Å²) in [5, 5.41) is 1.08. The second-order valence-corrected chi connectivity index (χ2v) is 5.75. The van der Waals surface area contributed by atoms with Crippen LogP contribution in [0.25, 0.3) is 16.7 Å². The van der Waals surface area contributed by atoms with Crippen LogP contribution in [0.5, 0.6) is 0 Å². The topological polar surface area (TPSA) is 20.7 Å². The maximum atomic E-state index is 13.2. The summed E-state index contributed by atoms with van der Waals surface area (Å²) in [7, 11) is 0. The molecule has 0 spiro atoms. The summed E-state index contributed by atoms with van der Waals surface area (Å²) in [5.41, 5.74) is 2.02. The number of aromatic nitrogens is 2. The van der Waals surface area contributed by atoms with Crippen molar-refractivity contribution in [1.82, 2.24) is 9.55 Å². The van der Waals surface area contributed by atoms with Crippen molar-refractivity contribution in [2.24, 2.45) is 0 Å². The predicted octanol–water partition coefficient (Wildman–Crippen LogP) is 5.79. The molecule has 0 unspecified atom stereocenters. The van der Waals surface area contributed by atoms with Crippen LogP contribution in [-0.2, 0) is 0 Å². The maximum Gasteiger partial charge on any atom is 0.182 e. The standard InChI is InChI=1S/C13H6Cl3FN2S/c14-7-4-10-12(5-8(7)15)19(13(20)18-10)11-2-1-6(17)3-9(11)16/h1-5H,(H,18,20). The molecule has 3 rings (SSSR count). The summed E-state index contributed by atoms with van der Waals surface area (Å²) in [5.74, 6) is -0.411. The molecule has 2 aromatic carbocycles. The number of imidazole rings is 1. The molecule has 102 valence electrons. The van der Waals surface area contributed by atoms with E-state index in [2.05, 4.69) is 4.98 Å². The van der Waals surface area contributed by atoms with Gasteiger partial charge in [0.2, 0.25) is 0 Å². The molecule has 3 aromatic rings. The molecule has 0 aliphatic rings. The number of aromatic amines is 1. The van der Waals surface area contributed by atoms with E-state index in [1.807, 2.05) is 0 Å². The number of hydrogen-bond acceptors (Lipinski definition) is 1. The highest BCUT2D eigenvalue weighted by molar-refractivity contribution is 7.71. The van der Waals surface area contributed by atoms with Crippen LogP contribution in [0.3, 0.4) is 0 Å². The van der Waals surface area contributed by atoms with Gasteiger partial charge >= 0.3 is 0 Å². The molecule has 1 aromatic heterocycles. The van der Waals surface area contributed by atoms with Crippen LogP contribution in [0.2, 0.25) is 15.1 Å². The molecule has 0 saturated carbocycles. The number of fused-ring (bicyclic) bond motifs is 1. The molecular formula is C13H6Cl3FN2S. The van der Waals surface area contributed by atoms with Gasteiger partial charge in [0.05, 0.1) is 31.8 Å². The first kappa shape index (κ1) is 13.9. The number of H-pyrrole nitrogens is 1. The molecule has 0 bridgehead atoms. The highest BCUT2D eigenvalue weighted by Gasteiger charge is 2.12. The van der Waals surface area contributed by atoms with Crippen molar-refractivity contribution in [2.75, 3.05) is 0 Å². The fourth-order valence-corrected chi connectivity index (χ4v) is 2.88. The minimum absolute atomic E-state index is 0.257. The smallest absolute Gasteiger partial charge is 0.182 e. The fraction of sp³-hybridized carbons (Fsp3) is 0. The average molecular weight is 348 g/mol. The Morgan fingerprint density at radius 3 is 2.40 bits per heavy atom. The first-order valence-corrected chi connectivity index (χ1v) is 7.07. The molecule has 0 saturated heterocycles. The minimum atomic E-state index is -0.411. The van der Waals surface area contributed by atoms with E-state index < -0.39 is 5.82 Å². The molecule has 2 nitrogen and oxygen atoms in total. The second kappa shape index (κ2) is 5.04. The number of nitrogens with one attached hydrogen (secondary N) is 1. The molecule has 1 N–H and O–H groups in total.